The van der Waals surface area contributed by atoms with Crippen molar-refractivity contribution in [3.05, 3.63) is 29.6 Å². The molecule has 0 heterocycles. The van der Waals surface area contributed by atoms with Gasteiger partial charge in [-0.15, -0.1) is 0 Å². The Labute approximate surface area is 94.6 Å². The molecule has 1 aromatic carbocycles. The van der Waals surface area contributed by atoms with Crippen LogP contribution in [0.2, 0.25) is 0 Å². The van der Waals surface area contributed by atoms with Crippen LogP contribution in [0.25, 0.3) is 0 Å². The topological polar surface area (TPSA) is 38.3 Å². The Morgan fingerprint density at radius 1 is 1.56 bits per heavy atom. The summed E-state index contributed by atoms with van der Waals surface area (Å²) in [6.07, 6.45) is 0.285. The molecule has 0 saturated carbocycles. The van der Waals surface area contributed by atoms with Crippen LogP contribution >= 0.6 is 0 Å². The van der Waals surface area contributed by atoms with Gasteiger partial charge in [-0.3, -0.25) is 4.79 Å². The van der Waals surface area contributed by atoms with E-state index in [-0.39, 0.29) is 24.2 Å². The summed E-state index contributed by atoms with van der Waals surface area (Å²) in [4.78, 5) is 11.0. The molecule has 1 unspecified atom stereocenters. The van der Waals surface area contributed by atoms with Crippen LogP contribution in [-0.4, -0.2) is 19.1 Å². The highest BCUT2D eigenvalue weighted by atomic mass is 19.1. The van der Waals surface area contributed by atoms with Gasteiger partial charge in [-0.25, -0.2) is 4.39 Å². The molecule has 0 aliphatic rings. The Morgan fingerprint density at radius 3 is 2.81 bits per heavy atom. The highest BCUT2D eigenvalue weighted by Crippen LogP contribution is 2.17. The largest absolute Gasteiger partial charge is 0.469 e. The molecule has 0 radical (unpaired) electrons. The lowest BCUT2D eigenvalue weighted by molar-refractivity contribution is -0.140. The van der Waals surface area contributed by atoms with Gasteiger partial charge in [0, 0.05) is 11.7 Å². The van der Waals surface area contributed by atoms with Crippen LogP contribution in [0.15, 0.2) is 18.2 Å². The van der Waals surface area contributed by atoms with Crippen LogP contribution < -0.4 is 5.32 Å². The van der Waals surface area contributed by atoms with Crippen molar-refractivity contribution in [2.45, 2.75) is 26.3 Å². The number of ether oxygens (including phenoxy) is 1. The molecule has 3 nitrogen and oxygen atoms in total. The molecule has 1 aromatic rings. The smallest absolute Gasteiger partial charge is 0.307 e. The maximum Gasteiger partial charge on any atom is 0.307 e. The van der Waals surface area contributed by atoms with Crippen LogP contribution in [-0.2, 0) is 9.53 Å². The highest BCUT2D eigenvalue weighted by molar-refractivity contribution is 5.70. The zero-order valence-corrected chi connectivity index (χ0v) is 9.71. The number of esters is 1. The van der Waals surface area contributed by atoms with Gasteiger partial charge in [-0.2, -0.15) is 0 Å². The molecule has 0 amide bonds. The van der Waals surface area contributed by atoms with E-state index in [0.717, 1.165) is 11.3 Å². The molecule has 4 heteroatoms. The molecule has 88 valence electrons. The van der Waals surface area contributed by atoms with E-state index in [0.29, 0.717) is 0 Å². The van der Waals surface area contributed by atoms with E-state index >= 15 is 0 Å². The fraction of sp³-hybridized carbons (Fsp3) is 0.417. The Kier molecular flexibility index (Phi) is 4.28. The van der Waals surface area contributed by atoms with Crippen LogP contribution in [0.3, 0.4) is 0 Å². The van der Waals surface area contributed by atoms with Gasteiger partial charge in [-0.05, 0) is 37.6 Å². The zero-order valence-electron chi connectivity index (χ0n) is 9.71. The SMILES string of the molecule is COC(=O)CC(C)Nc1ccc(F)cc1C. The number of aryl methyl sites for hydroxylation is 1. The highest BCUT2D eigenvalue weighted by Gasteiger charge is 2.10. The van der Waals surface area contributed by atoms with Crippen molar-refractivity contribution in [3.8, 4) is 0 Å². The van der Waals surface area contributed by atoms with Crippen molar-refractivity contribution in [2.75, 3.05) is 12.4 Å². The van der Waals surface area contributed by atoms with Crippen LogP contribution in [0.5, 0.6) is 0 Å². The van der Waals surface area contributed by atoms with Crippen LogP contribution in [0.4, 0.5) is 10.1 Å². The normalized spacial score (nSPS) is 12.0. The van der Waals surface area contributed by atoms with Gasteiger partial charge in [0.05, 0.1) is 13.5 Å². The third-order valence-corrected chi connectivity index (χ3v) is 2.29. The molecule has 0 aliphatic carbocycles. The first-order valence-electron chi connectivity index (χ1n) is 5.12. The van der Waals surface area contributed by atoms with Crippen LogP contribution in [0, 0.1) is 12.7 Å². The summed E-state index contributed by atoms with van der Waals surface area (Å²) in [7, 11) is 1.36. The standard InChI is InChI=1S/C12H16FNO2/c1-8-6-10(13)4-5-11(8)14-9(2)7-12(15)16-3/h4-6,9,14H,7H2,1-3H3. The first-order valence-corrected chi connectivity index (χ1v) is 5.12. The summed E-state index contributed by atoms with van der Waals surface area (Å²) in [6.45, 7) is 3.69. The van der Waals surface area contributed by atoms with Gasteiger partial charge in [0.1, 0.15) is 5.82 Å². The predicted octanol–water partition coefficient (Wildman–Crippen LogP) is 2.50. The molecule has 0 saturated heterocycles. The molecule has 1 rings (SSSR count). The van der Waals surface area contributed by atoms with Gasteiger partial charge in [0.25, 0.3) is 0 Å². The molecular weight excluding hydrogens is 209 g/mol. The minimum Gasteiger partial charge on any atom is -0.469 e. The predicted molar refractivity (Wildman–Crippen MR) is 60.9 cm³/mol. The zero-order chi connectivity index (χ0) is 12.1. The monoisotopic (exact) mass is 225 g/mol. The number of nitrogens with one attached hydrogen (secondary N) is 1. The second-order valence-corrected chi connectivity index (χ2v) is 3.78. The van der Waals surface area contributed by atoms with E-state index in [9.17, 15) is 9.18 Å². The lowest BCUT2D eigenvalue weighted by atomic mass is 10.1. The number of hydrogen-bond donors (Lipinski definition) is 1. The number of carbonyl (C=O) groups excluding carboxylic acids is 1. The summed E-state index contributed by atoms with van der Waals surface area (Å²) >= 11 is 0. The van der Waals surface area contributed by atoms with Crippen molar-refractivity contribution in [1.82, 2.24) is 0 Å². The van der Waals surface area contributed by atoms with E-state index in [1.807, 2.05) is 13.8 Å². The number of rotatable bonds is 4. The fourth-order valence-corrected chi connectivity index (χ4v) is 1.44. The molecule has 16 heavy (non-hydrogen) atoms. The quantitative estimate of drug-likeness (QED) is 0.800. The molecule has 0 spiro atoms. The van der Waals surface area contributed by atoms with Crippen molar-refractivity contribution in [1.29, 1.82) is 0 Å². The number of benzene rings is 1. The Balaban J connectivity index is 2.62. The molecule has 1 N–H and O–H groups in total. The average Bonchev–Trinajstić information content (AvgIpc) is 2.22. The Morgan fingerprint density at radius 2 is 2.25 bits per heavy atom. The van der Waals surface area contributed by atoms with Gasteiger partial charge in [0.2, 0.25) is 0 Å². The number of methoxy groups -OCH3 is 1. The molecule has 0 aromatic heterocycles. The molecular formula is C12H16FNO2. The van der Waals surface area contributed by atoms with Gasteiger partial charge < -0.3 is 10.1 Å². The average molecular weight is 225 g/mol. The molecule has 0 aliphatic heterocycles. The summed E-state index contributed by atoms with van der Waals surface area (Å²) in [6, 6.07) is 4.46. The van der Waals surface area contributed by atoms with Gasteiger partial charge in [0.15, 0.2) is 0 Å². The van der Waals surface area contributed by atoms with Crippen molar-refractivity contribution in [3.63, 3.8) is 0 Å². The van der Waals surface area contributed by atoms with E-state index in [1.165, 1.54) is 19.2 Å². The molecule has 0 fully saturated rings. The number of anilines is 1. The second kappa shape index (κ2) is 5.49. The Bertz CT molecular complexity index is 379. The summed E-state index contributed by atoms with van der Waals surface area (Å²) in [5.41, 5.74) is 1.65. The third kappa shape index (κ3) is 3.53. The fourth-order valence-electron chi connectivity index (χ4n) is 1.44. The van der Waals surface area contributed by atoms with E-state index < -0.39 is 0 Å². The lowest BCUT2D eigenvalue weighted by Gasteiger charge is -2.15. The minimum atomic E-state index is -0.264. The van der Waals surface area contributed by atoms with Gasteiger partial charge in [-0.1, -0.05) is 0 Å². The maximum atomic E-state index is 12.8. The van der Waals surface area contributed by atoms with Crippen molar-refractivity contribution < 1.29 is 13.9 Å². The van der Waals surface area contributed by atoms with Crippen LogP contribution in [0.1, 0.15) is 18.9 Å². The van der Waals surface area contributed by atoms with Crippen molar-refractivity contribution in [2.24, 2.45) is 0 Å². The third-order valence-electron chi connectivity index (χ3n) is 2.29. The molecule has 0 bridgehead atoms. The number of hydrogen-bond acceptors (Lipinski definition) is 3. The van der Waals surface area contributed by atoms with E-state index in [4.69, 9.17) is 0 Å². The Hall–Kier alpha value is -1.58. The minimum absolute atomic E-state index is 0.0448. The number of carbonyl (C=O) groups is 1. The first-order chi connectivity index (χ1) is 7.52. The molecule has 1 atom stereocenters. The maximum absolute atomic E-state index is 12.8. The lowest BCUT2D eigenvalue weighted by Crippen LogP contribution is -2.20. The van der Waals surface area contributed by atoms with Crippen molar-refractivity contribution >= 4 is 11.7 Å². The summed E-state index contributed by atoms with van der Waals surface area (Å²) < 4.78 is 17.4. The summed E-state index contributed by atoms with van der Waals surface area (Å²) in [5, 5.41) is 3.14. The van der Waals surface area contributed by atoms with Gasteiger partial charge >= 0.3 is 5.97 Å². The summed E-state index contributed by atoms with van der Waals surface area (Å²) in [5.74, 6) is -0.525. The number of halogens is 1. The second-order valence-electron chi connectivity index (χ2n) is 3.78. The van der Waals surface area contributed by atoms with E-state index in [1.54, 1.807) is 6.07 Å². The first kappa shape index (κ1) is 12.5. The van der Waals surface area contributed by atoms with E-state index in [2.05, 4.69) is 10.1 Å².